The molecule has 0 aliphatic heterocycles. The third kappa shape index (κ3) is 10.6. The van der Waals surface area contributed by atoms with Gasteiger partial charge in [0.05, 0.1) is 12.0 Å². The van der Waals surface area contributed by atoms with E-state index in [0.717, 1.165) is 0 Å². The predicted octanol–water partition coefficient (Wildman–Crippen LogP) is 1.47. The molecule has 0 spiro atoms. The van der Waals surface area contributed by atoms with E-state index < -0.39 is 36.0 Å². The summed E-state index contributed by atoms with van der Waals surface area (Å²) < 4.78 is 14.4. The van der Waals surface area contributed by atoms with Gasteiger partial charge in [-0.1, -0.05) is 13.8 Å². The minimum Gasteiger partial charge on any atom is -0.461 e. The zero-order valence-corrected chi connectivity index (χ0v) is 14.7. The van der Waals surface area contributed by atoms with E-state index in [2.05, 4.69) is 10.1 Å². The van der Waals surface area contributed by atoms with Crippen molar-refractivity contribution in [2.45, 2.75) is 46.8 Å². The zero-order chi connectivity index (χ0) is 18.0. The molecule has 1 atom stereocenters. The summed E-state index contributed by atoms with van der Waals surface area (Å²) >= 11 is 0.674. The monoisotopic (exact) mass is 349 g/mol. The molecule has 0 saturated carbocycles. The Kier molecular flexibility index (Phi) is 10.0. The van der Waals surface area contributed by atoms with Gasteiger partial charge >= 0.3 is 17.2 Å². The van der Waals surface area contributed by atoms with E-state index in [9.17, 15) is 19.2 Å². The van der Waals surface area contributed by atoms with Crippen molar-refractivity contribution in [2.75, 3.05) is 12.5 Å². The predicted molar refractivity (Wildman–Crippen MR) is 83.6 cm³/mol. The first-order valence-electron chi connectivity index (χ1n) is 7.07. The number of nitrogens with one attached hydrogen (secondary N) is 1. The van der Waals surface area contributed by atoms with E-state index >= 15 is 0 Å². The van der Waals surface area contributed by atoms with Gasteiger partial charge in [-0.05, 0) is 25.6 Å². The highest BCUT2D eigenvalue weighted by atomic mass is 32.2. The molecule has 0 aliphatic carbocycles. The third-order valence-electron chi connectivity index (χ3n) is 2.23. The highest BCUT2D eigenvalue weighted by Crippen LogP contribution is 2.10. The van der Waals surface area contributed by atoms with Crippen molar-refractivity contribution in [3.63, 3.8) is 0 Å². The van der Waals surface area contributed by atoms with E-state index in [4.69, 9.17) is 9.47 Å². The molecule has 0 rings (SSSR count). The lowest BCUT2D eigenvalue weighted by Gasteiger charge is -2.17. The highest BCUT2D eigenvalue weighted by molar-refractivity contribution is 8.13. The number of amides is 1. The smallest absolute Gasteiger partial charge is 0.370 e. The van der Waals surface area contributed by atoms with E-state index in [1.54, 1.807) is 27.7 Å². The van der Waals surface area contributed by atoms with E-state index in [1.807, 2.05) is 0 Å². The lowest BCUT2D eigenvalue weighted by molar-refractivity contribution is -0.155. The molecule has 1 amide bonds. The van der Waals surface area contributed by atoms with E-state index in [1.165, 1.54) is 6.92 Å². The van der Waals surface area contributed by atoms with Gasteiger partial charge in [0.25, 0.3) is 0 Å². The molecule has 0 radical (unpaired) electrons. The number of ether oxygens (including phenoxy) is 3. The maximum atomic E-state index is 11.8. The summed E-state index contributed by atoms with van der Waals surface area (Å²) in [7, 11) is 0. The average Bonchev–Trinajstić information content (AvgIpc) is 2.41. The minimum absolute atomic E-state index is 0.0535. The molecule has 8 nitrogen and oxygen atoms in total. The lowest BCUT2D eigenvalue weighted by atomic mass is 10.2. The lowest BCUT2D eigenvalue weighted by Crippen LogP contribution is -2.43. The van der Waals surface area contributed by atoms with Crippen molar-refractivity contribution < 1.29 is 33.4 Å². The van der Waals surface area contributed by atoms with Crippen molar-refractivity contribution in [3.05, 3.63) is 0 Å². The Hall–Kier alpha value is -1.77. The van der Waals surface area contributed by atoms with Crippen LogP contribution in [0.3, 0.4) is 0 Å². The Morgan fingerprint density at radius 3 is 2.09 bits per heavy atom. The fraction of sp³-hybridized carbons (Fsp3) is 0.714. The van der Waals surface area contributed by atoms with Crippen LogP contribution in [0, 0.1) is 5.92 Å². The molecule has 1 N–H and O–H groups in total. The Morgan fingerprint density at radius 2 is 1.61 bits per heavy atom. The number of carbonyl (C=O) groups excluding carboxylic acids is 4. The summed E-state index contributed by atoms with van der Waals surface area (Å²) in [5.41, 5.74) is 0. The number of carbonyl (C=O) groups is 4. The number of thioether (sulfide) groups is 1. The van der Waals surface area contributed by atoms with Gasteiger partial charge < -0.3 is 19.5 Å². The standard InChI is InChI=1S/C14H23NO7S/c1-8(2)12(17)20-7-21-14(19)23-6-11(15-10(5)16)13(18)22-9(3)4/h8-9,11H,6-7H2,1-5H3,(H,15,16)/t11-/m0/s1. The molecule has 0 aliphatic rings. The summed E-state index contributed by atoms with van der Waals surface area (Å²) in [4.78, 5) is 45.6. The SMILES string of the molecule is CC(=O)N[C@@H](CSC(=O)OCOC(=O)C(C)C)C(=O)OC(C)C. The van der Waals surface area contributed by atoms with Crippen LogP contribution in [0.5, 0.6) is 0 Å². The molecule has 132 valence electrons. The maximum Gasteiger partial charge on any atom is 0.370 e. The normalized spacial score (nSPS) is 11.8. The second kappa shape index (κ2) is 10.9. The number of rotatable bonds is 8. The first kappa shape index (κ1) is 21.2. The van der Waals surface area contributed by atoms with Gasteiger partial charge in [-0.2, -0.15) is 0 Å². The molecular weight excluding hydrogens is 326 g/mol. The Labute approximate surface area is 139 Å². The number of hydrogen-bond donors (Lipinski definition) is 1. The van der Waals surface area contributed by atoms with Crippen LogP contribution < -0.4 is 5.32 Å². The number of esters is 2. The van der Waals surface area contributed by atoms with Crippen LogP contribution in [0.2, 0.25) is 0 Å². The molecule has 0 bridgehead atoms. The van der Waals surface area contributed by atoms with Gasteiger partial charge in [-0.15, -0.1) is 0 Å². The van der Waals surface area contributed by atoms with Gasteiger partial charge in [-0.3, -0.25) is 9.59 Å². The highest BCUT2D eigenvalue weighted by Gasteiger charge is 2.24. The topological polar surface area (TPSA) is 108 Å². The van der Waals surface area contributed by atoms with Crippen molar-refractivity contribution >= 4 is 34.9 Å². The quantitative estimate of drug-likeness (QED) is 0.518. The second-order valence-electron chi connectivity index (χ2n) is 5.18. The Bertz CT molecular complexity index is 437. The van der Waals surface area contributed by atoms with Crippen molar-refractivity contribution in [1.82, 2.24) is 5.32 Å². The Morgan fingerprint density at radius 1 is 1.00 bits per heavy atom. The van der Waals surface area contributed by atoms with Crippen LogP contribution in [0.1, 0.15) is 34.6 Å². The van der Waals surface area contributed by atoms with Crippen LogP contribution >= 0.6 is 11.8 Å². The summed E-state index contributed by atoms with van der Waals surface area (Å²) in [6, 6.07) is -0.967. The fourth-order valence-electron chi connectivity index (χ4n) is 1.22. The molecule has 0 fully saturated rings. The summed E-state index contributed by atoms with van der Waals surface area (Å²) in [6.45, 7) is 7.41. The third-order valence-corrected chi connectivity index (χ3v) is 3.08. The van der Waals surface area contributed by atoms with Crippen LogP contribution in [-0.2, 0) is 28.6 Å². The molecule has 0 aromatic heterocycles. The summed E-state index contributed by atoms with van der Waals surface area (Å²) in [6.07, 6.45) is -0.342. The second-order valence-corrected chi connectivity index (χ2v) is 6.14. The van der Waals surface area contributed by atoms with Crippen LogP contribution in [0.25, 0.3) is 0 Å². The van der Waals surface area contributed by atoms with Crippen LogP contribution in [-0.4, -0.2) is 47.8 Å². The largest absolute Gasteiger partial charge is 0.461 e. The van der Waals surface area contributed by atoms with Gasteiger partial charge in [0.2, 0.25) is 12.7 Å². The molecule has 0 heterocycles. The van der Waals surface area contributed by atoms with Crippen LogP contribution in [0.15, 0.2) is 0 Å². The summed E-state index contributed by atoms with van der Waals surface area (Å²) in [5, 5.41) is 1.67. The van der Waals surface area contributed by atoms with Crippen LogP contribution in [0.4, 0.5) is 4.79 Å². The maximum absolute atomic E-state index is 11.8. The Balaban J connectivity index is 4.28. The molecule has 0 aromatic rings. The summed E-state index contributed by atoms with van der Waals surface area (Å²) in [5.74, 6) is -1.92. The van der Waals surface area contributed by atoms with Gasteiger partial charge in [0.15, 0.2) is 0 Å². The molecule has 0 saturated heterocycles. The molecule has 0 unspecified atom stereocenters. The first-order chi connectivity index (χ1) is 10.6. The van der Waals surface area contributed by atoms with E-state index in [0.29, 0.717) is 11.8 Å². The molecule has 9 heteroatoms. The molecule has 0 aromatic carbocycles. The zero-order valence-electron chi connectivity index (χ0n) is 13.9. The fourth-order valence-corrected chi connectivity index (χ4v) is 1.88. The molecular formula is C14H23NO7S. The van der Waals surface area contributed by atoms with Gasteiger partial charge in [0.1, 0.15) is 6.04 Å². The molecule has 23 heavy (non-hydrogen) atoms. The van der Waals surface area contributed by atoms with E-state index in [-0.39, 0.29) is 17.8 Å². The van der Waals surface area contributed by atoms with Gasteiger partial charge in [-0.25, -0.2) is 9.59 Å². The van der Waals surface area contributed by atoms with Crippen molar-refractivity contribution in [3.8, 4) is 0 Å². The number of hydrogen-bond acceptors (Lipinski definition) is 8. The van der Waals surface area contributed by atoms with Crippen molar-refractivity contribution in [1.29, 1.82) is 0 Å². The minimum atomic E-state index is -0.967. The first-order valence-corrected chi connectivity index (χ1v) is 8.05. The van der Waals surface area contributed by atoms with Gasteiger partial charge in [0, 0.05) is 12.7 Å². The van der Waals surface area contributed by atoms with Crippen molar-refractivity contribution in [2.24, 2.45) is 5.92 Å². The average molecular weight is 349 g/mol.